The van der Waals surface area contributed by atoms with Crippen molar-refractivity contribution in [3.8, 4) is 0 Å². The summed E-state index contributed by atoms with van der Waals surface area (Å²) in [6.45, 7) is 3.30. The smallest absolute Gasteiger partial charge is 0.253 e. The minimum Gasteiger partial charge on any atom is -0.385 e. The van der Waals surface area contributed by atoms with E-state index in [9.17, 15) is 9.90 Å². The largest absolute Gasteiger partial charge is 0.385 e. The zero-order chi connectivity index (χ0) is 16.4. The van der Waals surface area contributed by atoms with Crippen molar-refractivity contribution in [2.45, 2.75) is 25.9 Å². The van der Waals surface area contributed by atoms with Crippen LogP contribution in [0, 0.1) is 12.8 Å². The lowest BCUT2D eigenvalue weighted by Gasteiger charge is -2.35. The van der Waals surface area contributed by atoms with E-state index >= 15 is 0 Å². The average Bonchev–Trinajstić information content (AvgIpc) is 2.99. The first-order valence-electron chi connectivity index (χ1n) is 8.07. The monoisotopic (exact) mass is 313 g/mol. The van der Waals surface area contributed by atoms with Crippen molar-refractivity contribution in [2.75, 3.05) is 13.1 Å². The summed E-state index contributed by atoms with van der Waals surface area (Å²) in [5.41, 5.74) is 1.80. The SMILES string of the molecule is Cc1cccc(C(=O)N2CCCC(C(O)c3nccn3C)C2)c1. The summed E-state index contributed by atoms with van der Waals surface area (Å²) < 4.78 is 1.84. The number of aliphatic hydroxyl groups excluding tert-OH is 1. The minimum atomic E-state index is -0.636. The van der Waals surface area contributed by atoms with Crippen LogP contribution in [0.25, 0.3) is 0 Å². The topological polar surface area (TPSA) is 58.4 Å². The van der Waals surface area contributed by atoms with Gasteiger partial charge in [0.2, 0.25) is 0 Å². The Bertz CT molecular complexity index is 695. The van der Waals surface area contributed by atoms with E-state index in [2.05, 4.69) is 4.98 Å². The number of carbonyl (C=O) groups excluding carboxylic acids is 1. The zero-order valence-corrected chi connectivity index (χ0v) is 13.6. The molecule has 0 saturated carbocycles. The van der Waals surface area contributed by atoms with E-state index in [1.165, 1.54) is 0 Å². The van der Waals surface area contributed by atoms with Crippen LogP contribution in [-0.4, -0.2) is 38.6 Å². The molecule has 2 aromatic rings. The van der Waals surface area contributed by atoms with Gasteiger partial charge in [-0.05, 0) is 31.9 Å². The summed E-state index contributed by atoms with van der Waals surface area (Å²) in [4.78, 5) is 18.8. The van der Waals surface area contributed by atoms with Crippen LogP contribution in [0.1, 0.15) is 40.7 Å². The predicted octanol–water partition coefficient (Wildman–Crippen LogP) is 2.31. The van der Waals surface area contributed by atoms with E-state index in [-0.39, 0.29) is 11.8 Å². The fourth-order valence-electron chi connectivity index (χ4n) is 3.29. The number of aromatic nitrogens is 2. The second kappa shape index (κ2) is 6.54. The molecule has 3 rings (SSSR count). The maximum Gasteiger partial charge on any atom is 0.253 e. The van der Waals surface area contributed by atoms with E-state index in [4.69, 9.17) is 0 Å². The molecule has 2 heterocycles. The van der Waals surface area contributed by atoms with E-state index in [0.29, 0.717) is 12.4 Å². The number of carbonyl (C=O) groups is 1. The molecule has 2 atom stereocenters. The maximum atomic E-state index is 12.7. The number of hydrogen-bond acceptors (Lipinski definition) is 3. The summed E-state index contributed by atoms with van der Waals surface area (Å²) in [6, 6.07) is 7.67. The fraction of sp³-hybridized carbons (Fsp3) is 0.444. The van der Waals surface area contributed by atoms with Crippen molar-refractivity contribution in [2.24, 2.45) is 13.0 Å². The Hall–Kier alpha value is -2.14. The number of benzene rings is 1. The average molecular weight is 313 g/mol. The lowest BCUT2D eigenvalue weighted by molar-refractivity contribution is 0.0358. The molecule has 1 aromatic heterocycles. The summed E-state index contributed by atoms with van der Waals surface area (Å²) >= 11 is 0. The van der Waals surface area contributed by atoms with Gasteiger partial charge in [-0.3, -0.25) is 4.79 Å². The summed E-state index contributed by atoms with van der Waals surface area (Å²) in [5.74, 6) is 0.740. The van der Waals surface area contributed by atoms with Crippen LogP contribution >= 0.6 is 0 Å². The van der Waals surface area contributed by atoms with Crippen molar-refractivity contribution < 1.29 is 9.90 Å². The van der Waals surface area contributed by atoms with E-state index in [0.717, 1.165) is 30.5 Å². The number of aliphatic hydroxyl groups is 1. The lowest BCUT2D eigenvalue weighted by atomic mass is 9.91. The highest BCUT2D eigenvalue weighted by Crippen LogP contribution is 2.29. The van der Waals surface area contributed by atoms with Crippen LogP contribution in [0.2, 0.25) is 0 Å². The van der Waals surface area contributed by atoms with Gasteiger partial charge in [-0.15, -0.1) is 0 Å². The van der Waals surface area contributed by atoms with Gasteiger partial charge in [-0.25, -0.2) is 4.98 Å². The highest BCUT2D eigenvalue weighted by molar-refractivity contribution is 5.94. The van der Waals surface area contributed by atoms with Gasteiger partial charge < -0.3 is 14.6 Å². The van der Waals surface area contributed by atoms with Crippen LogP contribution in [0.4, 0.5) is 0 Å². The van der Waals surface area contributed by atoms with E-state index < -0.39 is 6.10 Å². The molecule has 5 heteroatoms. The van der Waals surface area contributed by atoms with Crippen LogP contribution in [0.5, 0.6) is 0 Å². The Labute approximate surface area is 136 Å². The molecule has 0 spiro atoms. The first kappa shape index (κ1) is 15.7. The van der Waals surface area contributed by atoms with Crippen LogP contribution < -0.4 is 0 Å². The van der Waals surface area contributed by atoms with E-state index in [1.54, 1.807) is 6.20 Å². The molecule has 122 valence electrons. The van der Waals surface area contributed by atoms with Crippen LogP contribution in [0.3, 0.4) is 0 Å². The third kappa shape index (κ3) is 3.29. The number of piperidine rings is 1. The third-order valence-corrected chi connectivity index (χ3v) is 4.58. The summed E-state index contributed by atoms with van der Waals surface area (Å²) in [6.07, 6.45) is 4.70. The van der Waals surface area contributed by atoms with Gasteiger partial charge in [0, 0.05) is 44.0 Å². The first-order chi connectivity index (χ1) is 11.1. The van der Waals surface area contributed by atoms with Crippen molar-refractivity contribution in [1.82, 2.24) is 14.5 Å². The molecule has 5 nitrogen and oxygen atoms in total. The molecular formula is C18H23N3O2. The normalized spacial score (nSPS) is 19.6. The standard InChI is InChI=1S/C18H23N3O2/c1-13-5-3-6-14(11-13)18(23)21-9-4-7-15(12-21)16(22)17-19-8-10-20(17)2/h3,5-6,8,10-11,15-16,22H,4,7,9,12H2,1-2H3. The number of nitrogens with zero attached hydrogens (tertiary/aromatic N) is 3. The highest BCUT2D eigenvalue weighted by atomic mass is 16.3. The Morgan fingerprint density at radius 3 is 2.96 bits per heavy atom. The quantitative estimate of drug-likeness (QED) is 0.946. The Balaban J connectivity index is 1.73. The first-order valence-corrected chi connectivity index (χ1v) is 8.07. The number of rotatable bonds is 3. The van der Waals surface area contributed by atoms with Crippen LogP contribution in [-0.2, 0) is 7.05 Å². The Morgan fingerprint density at radius 2 is 2.26 bits per heavy atom. The van der Waals surface area contributed by atoms with Gasteiger partial charge in [0.1, 0.15) is 11.9 Å². The predicted molar refractivity (Wildman–Crippen MR) is 88.0 cm³/mol. The summed E-state index contributed by atoms with van der Waals surface area (Å²) in [5, 5.41) is 10.6. The molecule has 1 aliphatic rings. The third-order valence-electron chi connectivity index (χ3n) is 4.58. The molecule has 0 bridgehead atoms. The maximum absolute atomic E-state index is 12.7. The number of aryl methyl sites for hydroxylation is 2. The molecule has 1 N–H and O–H groups in total. The number of hydrogen-bond donors (Lipinski definition) is 1. The number of imidazole rings is 1. The van der Waals surface area contributed by atoms with Crippen molar-refractivity contribution >= 4 is 5.91 Å². The zero-order valence-electron chi connectivity index (χ0n) is 13.6. The van der Waals surface area contributed by atoms with Gasteiger partial charge >= 0.3 is 0 Å². The molecule has 1 aliphatic heterocycles. The second-order valence-electron chi connectivity index (χ2n) is 6.36. The van der Waals surface area contributed by atoms with Gasteiger partial charge in [0.25, 0.3) is 5.91 Å². The molecule has 2 unspecified atom stereocenters. The van der Waals surface area contributed by atoms with Crippen molar-refractivity contribution in [3.05, 3.63) is 53.6 Å². The Kier molecular flexibility index (Phi) is 4.48. The molecule has 0 radical (unpaired) electrons. The highest BCUT2D eigenvalue weighted by Gasteiger charge is 2.31. The Morgan fingerprint density at radius 1 is 1.43 bits per heavy atom. The van der Waals surface area contributed by atoms with Crippen molar-refractivity contribution in [3.63, 3.8) is 0 Å². The van der Waals surface area contributed by atoms with Gasteiger partial charge in [-0.2, -0.15) is 0 Å². The molecule has 1 amide bonds. The molecule has 23 heavy (non-hydrogen) atoms. The number of amides is 1. The van der Waals surface area contributed by atoms with Gasteiger partial charge in [0.15, 0.2) is 0 Å². The molecular weight excluding hydrogens is 290 g/mol. The van der Waals surface area contributed by atoms with E-state index in [1.807, 2.05) is 53.9 Å². The molecule has 1 fully saturated rings. The lowest BCUT2D eigenvalue weighted by Crippen LogP contribution is -2.42. The van der Waals surface area contributed by atoms with Crippen molar-refractivity contribution in [1.29, 1.82) is 0 Å². The molecule has 1 aromatic carbocycles. The fourth-order valence-corrected chi connectivity index (χ4v) is 3.29. The van der Waals surface area contributed by atoms with Crippen LogP contribution in [0.15, 0.2) is 36.7 Å². The van der Waals surface area contributed by atoms with Gasteiger partial charge in [0.05, 0.1) is 0 Å². The van der Waals surface area contributed by atoms with Gasteiger partial charge in [-0.1, -0.05) is 17.7 Å². The molecule has 0 aliphatic carbocycles. The second-order valence-corrected chi connectivity index (χ2v) is 6.36. The summed E-state index contributed by atoms with van der Waals surface area (Å²) in [7, 11) is 1.88. The minimum absolute atomic E-state index is 0.0265. The number of likely N-dealkylation sites (tertiary alicyclic amines) is 1. The molecule has 1 saturated heterocycles.